The van der Waals surface area contributed by atoms with Crippen LogP contribution >= 0.6 is 0 Å². The monoisotopic (exact) mass is 285 g/mol. The van der Waals surface area contributed by atoms with Crippen LogP contribution in [-0.2, 0) is 6.54 Å². The number of hydrogen-bond donors (Lipinski definition) is 1. The Hall–Kier alpha value is -1.94. The average molecular weight is 285 g/mol. The van der Waals surface area contributed by atoms with Crippen molar-refractivity contribution in [3.63, 3.8) is 0 Å². The number of halogens is 1. The van der Waals surface area contributed by atoms with Gasteiger partial charge in [-0.05, 0) is 38.0 Å². The lowest BCUT2D eigenvalue weighted by molar-refractivity contribution is 0.624. The molecule has 4 heteroatoms. The number of nitrogens with zero attached hydrogens (tertiary/aromatic N) is 2. The summed E-state index contributed by atoms with van der Waals surface area (Å²) in [5.74, 6) is 0.615. The van der Waals surface area contributed by atoms with Gasteiger partial charge < -0.3 is 10.2 Å². The number of nitrogens with one attached hydrogen (secondary N) is 1. The van der Waals surface area contributed by atoms with Crippen molar-refractivity contribution in [2.75, 3.05) is 11.4 Å². The second-order valence-electron chi connectivity index (χ2n) is 5.34. The van der Waals surface area contributed by atoms with E-state index in [0.717, 1.165) is 17.9 Å². The standard InChI is InChI=1S/C17H20FN3/c1-2-21(16-8-4-3-7-15(16)18)17-13(6-5-11-19-17)12-20-14-9-10-14/h3-8,11,14,20H,2,9-10,12H2,1H3. The first kappa shape index (κ1) is 14.0. The third-order valence-corrected chi connectivity index (χ3v) is 3.74. The molecule has 1 aliphatic carbocycles. The summed E-state index contributed by atoms with van der Waals surface area (Å²) in [6.45, 7) is 3.46. The molecule has 3 rings (SSSR count). The third-order valence-electron chi connectivity index (χ3n) is 3.74. The summed E-state index contributed by atoms with van der Waals surface area (Å²) in [4.78, 5) is 6.41. The summed E-state index contributed by atoms with van der Waals surface area (Å²) in [6.07, 6.45) is 4.26. The van der Waals surface area contributed by atoms with Crippen molar-refractivity contribution in [1.29, 1.82) is 0 Å². The fraction of sp³-hybridized carbons (Fsp3) is 0.353. The van der Waals surface area contributed by atoms with E-state index >= 15 is 0 Å². The molecule has 1 aromatic carbocycles. The van der Waals surface area contributed by atoms with Gasteiger partial charge in [0, 0.05) is 30.9 Å². The molecule has 1 heterocycles. The number of aromatic nitrogens is 1. The lowest BCUT2D eigenvalue weighted by atomic mass is 10.2. The van der Waals surface area contributed by atoms with Crippen LogP contribution in [0, 0.1) is 5.82 Å². The molecule has 110 valence electrons. The number of hydrogen-bond acceptors (Lipinski definition) is 3. The highest BCUT2D eigenvalue weighted by atomic mass is 19.1. The van der Waals surface area contributed by atoms with Crippen LogP contribution in [0.1, 0.15) is 25.3 Å². The number of para-hydroxylation sites is 1. The second-order valence-corrected chi connectivity index (χ2v) is 5.34. The predicted octanol–water partition coefficient (Wildman–Crippen LogP) is 3.63. The molecule has 3 nitrogen and oxygen atoms in total. The molecule has 0 radical (unpaired) electrons. The topological polar surface area (TPSA) is 28.2 Å². The molecule has 1 fully saturated rings. The van der Waals surface area contributed by atoms with E-state index in [4.69, 9.17) is 0 Å². The van der Waals surface area contributed by atoms with Crippen LogP contribution in [-0.4, -0.2) is 17.6 Å². The van der Waals surface area contributed by atoms with Gasteiger partial charge in [0.15, 0.2) is 0 Å². The van der Waals surface area contributed by atoms with Crippen LogP contribution in [0.3, 0.4) is 0 Å². The molecule has 0 bridgehead atoms. The van der Waals surface area contributed by atoms with Gasteiger partial charge in [-0.15, -0.1) is 0 Å². The first-order valence-electron chi connectivity index (χ1n) is 7.49. The normalized spacial score (nSPS) is 14.2. The minimum absolute atomic E-state index is 0.217. The van der Waals surface area contributed by atoms with Gasteiger partial charge in [0.1, 0.15) is 11.6 Å². The highest BCUT2D eigenvalue weighted by molar-refractivity contribution is 5.63. The highest BCUT2D eigenvalue weighted by Gasteiger charge is 2.22. The van der Waals surface area contributed by atoms with Crippen molar-refractivity contribution >= 4 is 11.5 Å². The zero-order valence-corrected chi connectivity index (χ0v) is 12.2. The molecule has 0 atom stereocenters. The zero-order valence-electron chi connectivity index (χ0n) is 12.2. The molecular formula is C17H20FN3. The van der Waals surface area contributed by atoms with Gasteiger partial charge in [0.2, 0.25) is 0 Å². The van der Waals surface area contributed by atoms with Crippen molar-refractivity contribution in [2.45, 2.75) is 32.4 Å². The van der Waals surface area contributed by atoms with E-state index in [-0.39, 0.29) is 5.82 Å². The first-order valence-corrected chi connectivity index (χ1v) is 7.49. The first-order chi connectivity index (χ1) is 10.3. The van der Waals surface area contributed by atoms with Crippen molar-refractivity contribution < 1.29 is 4.39 Å². The maximum atomic E-state index is 14.1. The van der Waals surface area contributed by atoms with Gasteiger partial charge in [-0.2, -0.15) is 0 Å². The summed E-state index contributed by atoms with van der Waals surface area (Å²) >= 11 is 0. The Labute approximate surface area is 124 Å². The Morgan fingerprint density at radius 3 is 2.76 bits per heavy atom. The number of benzene rings is 1. The van der Waals surface area contributed by atoms with Crippen LogP contribution in [0.5, 0.6) is 0 Å². The largest absolute Gasteiger partial charge is 0.324 e. The van der Waals surface area contributed by atoms with Crippen LogP contribution in [0.4, 0.5) is 15.9 Å². The second kappa shape index (κ2) is 6.22. The fourth-order valence-electron chi connectivity index (χ4n) is 2.46. The minimum atomic E-state index is -0.217. The molecule has 2 aromatic rings. The number of pyridine rings is 1. The SMILES string of the molecule is CCN(c1ccccc1F)c1ncccc1CNC1CC1. The van der Waals surface area contributed by atoms with Crippen molar-refractivity contribution in [1.82, 2.24) is 10.3 Å². The molecule has 0 saturated heterocycles. The quantitative estimate of drug-likeness (QED) is 0.878. The summed E-state index contributed by atoms with van der Waals surface area (Å²) in [6, 6.07) is 11.5. The average Bonchev–Trinajstić information content (AvgIpc) is 3.33. The Morgan fingerprint density at radius 2 is 2.05 bits per heavy atom. The Morgan fingerprint density at radius 1 is 1.24 bits per heavy atom. The lowest BCUT2D eigenvalue weighted by Crippen LogP contribution is -2.23. The highest BCUT2D eigenvalue weighted by Crippen LogP contribution is 2.29. The third kappa shape index (κ3) is 3.22. The molecule has 1 aliphatic rings. The van der Waals surface area contributed by atoms with Crippen LogP contribution in [0.2, 0.25) is 0 Å². The molecule has 0 aliphatic heterocycles. The van der Waals surface area contributed by atoms with E-state index in [2.05, 4.69) is 16.4 Å². The summed E-state index contributed by atoms with van der Waals surface area (Å²) in [5, 5.41) is 3.50. The zero-order chi connectivity index (χ0) is 14.7. The fourth-order valence-corrected chi connectivity index (χ4v) is 2.46. The molecule has 21 heavy (non-hydrogen) atoms. The number of anilines is 2. The molecule has 0 amide bonds. The van der Waals surface area contributed by atoms with E-state index < -0.39 is 0 Å². The summed E-state index contributed by atoms with van der Waals surface area (Å²) in [5.41, 5.74) is 1.68. The van der Waals surface area contributed by atoms with E-state index in [9.17, 15) is 4.39 Å². The molecular weight excluding hydrogens is 265 g/mol. The van der Waals surface area contributed by atoms with Gasteiger partial charge in [-0.1, -0.05) is 18.2 Å². The van der Waals surface area contributed by atoms with Crippen molar-refractivity contribution in [3.05, 3.63) is 54.0 Å². The lowest BCUT2D eigenvalue weighted by Gasteiger charge is -2.25. The summed E-state index contributed by atoms with van der Waals surface area (Å²) < 4.78 is 14.1. The molecule has 1 aromatic heterocycles. The van der Waals surface area contributed by atoms with E-state index in [1.54, 1.807) is 18.3 Å². The van der Waals surface area contributed by atoms with Gasteiger partial charge >= 0.3 is 0 Å². The van der Waals surface area contributed by atoms with Gasteiger partial charge in [0.25, 0.3) is 0 Å². The smallest absolute Gasteiger partial charge is 0.146 e. The van der Waals surface area contributed by atoms with Crippen molar-refractivity contribution in [3.8, 4) is 0 Å². The van der Waals surface area contributed by atoms with Gasteiger partial charge in [-0.25, -0.2) is 9.37 Å². The number of rotatable bonds is 6. The van der Waals surface area contributed by atoms with Crippen LogP contribution < -0.4 is 10.2 Å². The Balaban J connectivity index is 1.91. The Kier molecular flexibility index (Phi) is 4.15. The molecule has 1 saturated carbocycles. The van der Waals surface area contributed by atoms with E-state index in [1.165, 1.54) is 18.9 Å². The minimum Gasteiger partial charge on any atom is -0.324 e. The maximum Gasteiger partial charge on any atom is 0.146 e. The van der Waals surface area contributed by atoms with E-state index in [0.29, 0.717) is 18.3 Å². The molecule has 0 spiro atoms. The van der Waals surface area contributed by atoms with Crippen LogP contribution in [0.25, 0.3) is 0 Å². The van der Waals surface area contributed by atoms with E-state index in [1.807, 2.05) is 24.0 Å². The maximum absolute atomic E-state index is 14.1. The molecule has 1 N–H and O–H groups in total. The van der Waals surface area contributed by atoms with Gasteiger partial charge in [-0.3, -0.25) is 0 Å². The summed E-state index contributed by atoms with van der Waals surface area (Å²) in [7, 11) is 0. The molecule has 0 unspecified atom stereocenters. The van der Waals surface area contributed by atoms with Crippen molar-refractivity contribution in [2.24, 2.45) is 0 Å². The van der Waals surface area contributed by atoms with Gasteiger partial charge in [0.05, 0.1) is 5.69 Å². The Bertz CT molecular complexity index is 610. The predicted molar refractivity (Wildman–Crippen MR) is 83.2 cm³/mol. The van der Waals surface area contributed by atoms with Crippen LogP contribution in [0.15, 0.2) is 42.6 Å².